The average Bonchev–Trinajstić information content (AvgIpc) is 2.27. The van der Waals surface area contributed by atoms with E-state index in [9.17, 15) is 39.5 Å². The molecule has 0 amide bonds. The van der Waals surface area contributed by atoms with Gasteiger partial charge in [-0.15, -0.1) is 6.42 Å². The molecule has 10 heteroatoms. The smallest absolute Gasteiger partial charge is 0.323 e. The van der Waals surface area contributed by atoms with Gasteiger partial charge in [-0.2, -0.15) is 39.5 Å². The number of alkyl halides is 9. The highest BCUT2D eigenvalue weighted by Crippen LogP contribution is 2.69. The van der Waals surface area contributed by atoms with Crippen molar-refractivity contribution >= 4 is 0 Å². The van der Waals surface area contributed by atoms with E-state index in [0.29, 0.717) is 0 Å². The minimum Gasteiger partial charge on any atom is -0.323 e. The van der Waals surface area contributed by atoms with Crippen LogP contribution in [-0.2, 0) is 4.74 Å². The van der Waals surface area contributed by atoms with Crippen molar-refractivity contribution in [3.63, 3.8) is 0 Å². The second-order valence-corrected chi connectivity index (χ2v) is 3.39. The first-order valence-electron chi connectivity index (χ1n) is 4.09. The lowest BCUT2D eigenvalue weighted by molar-refractivity contribution is -0.353. The van der Waals surface area contributed by atoms with Crippen LogP contribution in [0.5, 0.6) is 0 Å². The Hall–Kier alpha value is -1.11. The van der Waals surface area contributed by atoms with Gasteiger partial charge in [-0.1, -0.05) is 5.92 Å². The van der Waals surface area contributed by atoms with Crippen LogP contribution >= 0.6 is 0 Å². The number of hydrogen-bond donors (Lipinski definition) is 0. The Labute approximate surface area is 93.9 Å². The predicted octanol–water partition coefficient (Wildman–Crippen LogP) is 2.86. The first-order chi connectivity index (χ1) is 7.81. The Balaban J connectivity index is 3.48. The standard InChI is InChI=1S/C8H3F9O/c1-2-3-18-8(17)6(13,14)4(9,10)5(11,12)7(8,15)16/h1H,3H2. The first-order valence-corrected chi connectivity index (χ1v) is 4.09. The minimum atomic E-state index is -6.63. The zero-order chi connectivity index (χ0) is 14.6. The van der Waals surface area contributed by atoms with Gasteiger partial charge in [0.15, 0.2) is 0 Å². The molecule has 18 heavy (non-hydrogen) atoms. The largest absolute Gasteiger partial charge is 0.384 e. The van der Waals surface area contributed by atoms with Gasteiger partial charge in [0.1, 0.15) is 6.61 Å². The summed E-state index contributed by atoms with van der Waals surface area (Å²) >= 11 is 0. The highest BCUT2D eigenvalue weighted by molar-refractivity contribution is 5.23. The molecule has 0 bridgehead atoms. The fraction of sp³-hybridized carbons (Fsp3) is 0.750. The van der Waals surface area contributed by atoms with Crippen LogP contribution in [0.3, 0.4) is 0 Å². The lowest BCUT2D eigenvalue weighted by Crippen LogP contribution is -2.56. The normalized spacial score (nSPS) is 29.8. The summed E-state index contributed by atoms with van der Waals surface area (Å²) < 4.78 is 118. The van der Waals surface area contributed by atoms with E-state index in [-0.39, 0.29) is 0 Å². The van der Waals surface area contributed by atoms with Gasteiger partial charge in [0.25, 0.3) is 0 Å². The van der Waals surface area contributed by atoms with Crippen LogP contribution in [0.1, 0.15) is 0 Å². The van der Waals surface area contributed by atoms with Crippen LogP contribution < -0.4 is 0 Å². The average molecular weight is 286 g/mol. The van der Waals surface area contributed by atoms with Gasteiger partial charge in [-0.25, -0.2) is 0 Å². The molecular formula is C8H3F9O. The van der Waals surface area contributed by atoms with E-state index < -0.39 is 36.2 Å². The molecule has 0 aliphatic heterocycles. The van der Waals surface area contributed by atoms with Crippen molar-refractivity contribution < 1.29 is 44.3 Å². The van der Waals surface area contributed by atoms with Gasteiger partial charge in [-0.05, 0) is 0 Å². The molecule has 1 fully saturated rings. The Bertz CT molecular complexity index is 368. The van der Waals surface area contributed by atoms with Gasteiger partial charge in [-0.3, -0.25) is 0 Å². The lowest BCUT2D eigenvalue weighted by atomic mass is 10.1. The van der Waals surface area contributed by atoms with E-state index in [1.807, 2.05) is 0 Å². The lowest BCUT2D eigenvalue weighted by Gasteiger charge is -2.29. The van der Waals surface area contributed by atoms with Gasteiger partial charge in [0.2, 0.25) is 0 Å². The van der Waals surface area contributed by atoms with Gasteiger partial charge in [0, 0.05) is 0 Å². The molecule has 0 saturated heterocycles. The third kappa shape index (κ3) is 1.20. The molecule has 0 atom stereocenters. The van der Waals surface area contributed by atoms with Crippen LogP contribution in [0.2, 0.25) is 0 Å². The SMILES string of the molecule is C#CCOC1(F)C(F)(F)C(F)(F)C(F)(F)C1(F)F. The number of terminal acetylenes is 1. The molecule has 0 aromatic rings. The summed E-state index contributed by atoms with van der Waals surface area (Å²) in [6.45, 7) is -1.62. The number of halogens is 9. The summed E-state index contributed by atoms with van der Waals surface area (Å²) in [5.74, 6) is -30.8. The highest BCUT2D eigenvalue weighted by Gasteiger charge is 3.01. The van der Waals surface area contributed by atoms with Crippen molar-refractivity contribution in [2.75, 3.05) is 6.61 Å². The number of hydrogen-bond acceptors (Lipinski definition) is 1. The summed E-state index contributed by atoms with van der Waals surface area (Å²) in [7, 11) is 0. The third-order valence-electron chi connectivity index (χ3n) is 2.35. The molecule has 1 aliphatic rings. The summed E-state index contributed by atoms with van der Waals surface area (Å²) in [5.41, 5.74) is 0. The monoisotopic (exact) mass is 286 g/mol. The predicted molar refractivity (Wildman–Crippen MR) is 38.4 cm³/mol. The van der Waals surface area contributed by atoms with E-state index in [1.54, 1.807) is 0 Å². The molecule has 0 spiro atoms. The third-order valence-corrected chi connectivity index (χ3v) is 2.35. The van der Waals surface area contributed by atoms with Crippen LogP contribution in [0.15, 0.2) is 0 Å². The molecule has 1 nitrogen and oxygen atoms in total. The summed E-state index contributed by atoms with van der Waals surface area (Å²) in [6, 6.07) is 0. The van der Waals surface area contributed by atoms with Crippen LogP contribution in [0, 0.1) is 12.3 Å². The fourth-order valence-electron chi connectivity index (χ4n) is 1.32. The molecule has 0 aromatic heterocycles. The Morgan fingerprint density at radius 3 is 1.33 bits per heavy atom. The van der Waals surface area contributed by atoms with Gasteiger partial charge in [0.05, 0.1) is 0 Å². The maximum atomic E-state index is 13.3. The molecule has 1 saturated carbocycles. The van der Waals surface area contributed by atoms with Crippen molar-refractivity contribution in [3.8, 4) is 12.3 Å². The van der Waals surface area contributed by atoms with Crippen LogP contribution in [-0.4, -0.2) is 36.2 Å². The second-order valence-electron chi connectivity index (χ2n) is 3.39. The van der Waals surface area contributed by atoms with Crippen molar-refractivity contribution in [2.24, 2.45) is 0 Å². The molecule has 0 aromatic carbocycles. The number of ether oxygens (including phenoxy) is 1. The van der Waals surface area contributed by atoms with Gasteiger partial charge < -0.3 is 4.74 Å². The second kappa shape index (κ2) is 3.46. The topological polar surface area (TPSA) is 9.23 Å². The van der Waals surface area contributed by atoms with Crippen molar-refractivity contribution in [1.82, 2.24) is 0 Å². The van der Waals surface area contributed by atoms with E-state index in [1.165, 1.54) is 5.92 Å². The maximum absolute atomic E-state index is 13.3. The van der Waals surface area contributed by atoms with E-state index in [0.717, 1.165) is 0 Å². The zero-order valence-electron chi connectivity index (χ0n) is 8.09. The Morgan fingerprint density at radius 1 is 0.722 bits per heavy atom. The number of rotatable bonds is 2. The Morgan fingerprint density at radius 2 is 1.06 bits per heavy atom. The highest BCUT2D eigenvalue weighted by atomic mass is 19.4. The molecule has 0 radical (unpaired) electrons. The summed E-state index contributed by atoms with van der Waals surface area (Å²) in [4.78, 5) is 0. The van der Waals surface area contributed by atoms with Crippen molar-refractivity contribution in [1.29, 1.82) is 0 Å². The van der Waals surface area contributed by atoms with Crippen LogP contribution in [0.4, 0.5) is 39.5 Å². The van der Waals surface area contributed by atoms with Crippen molar-refractivity contribution in [3.05, 3.63) is 0 Å². The molecule has 0 N–H and O–H groups in total. The molecule has 104 valence electrons. The minimum absolute atomic E-state index is 1.23. The maximum Gasteiger partial charge on any atom is 0.384 e. The summed E-state index contributed by atoms with van der Waals surface area (Å²) in [5, 5.41) is 0. The summed E-state index contributed by atoms with van der Waals surface area (Å²) in [6.07, 6.45) is 4.37. The molecule has 0 unspecified atom stereocenters. The van der Waals surface area contributed by atoms with E-state index >= 15 is 0 Å². The fourth-order valence-corrected chi connectivity index (χ4v) is 1.32. The first kappa shape index (κ1) is 14.9. The zero-order valence-corrected chi connectivity index (χ0v) is 8.09. The van der Waals surface area contributed by atoms with E-state index in [2.05, 4.69) is 11.2 Å². The van der Waals surface area contributed by atoms with Gasteiger partial charge >= 0.3 is 29.5 Å². The van der Waals surface area contributed by atoms with E-state index in [4.69, 9.17) is 0 Å². The molecule has 1 aliphatic carbocycles. The van der Waals surface area contributed by atoms with Crippen LogP contribution in [0.25, 0.3) is 0 Å². The van der Waals surface area contributed by atoms with Crippen molar-refractivity contribution in [2.45, 2.75) is 29.5 Å². The molecular weight excluding hydrogens is 283 g/mol. The molecule has 1 rings (SSSR count). The molecule has 0 heterocycles. The quantitative estimate of drug-likeness (QED) is 0.560. The Kier molecular flexibility index (Phi) is 2.88.